The molecule has 0 aromatic heterocycles. The zero-order chi connectivity index (χ0) is 19.4. The smallest absolute Gasteiger partial charge is 0.256 e. The zero-order valence-electron chi connectivity index (χ0n) is 15.3. The number of fused-ring (bicyclic) bond motifs is 2. The number of hydrogen-bond donors (Lipinski definition) is 0. The fraction of sp³-hybridized carbons (Fsp3) is 0.381. The predicted octanol–water partition coefficient (Wildman–Crippen LogP) is 4.37. The van der Waals surface area contributed by atoms with Crippen molar-refractivity contribution < 1.29 is 13.2 Å². The van der Waals surface area contributed by atoms with Crippen LogP contribution in [-0.2, 0) is 15.4 Å². The second kappa shape index (κ2) is 6.49. The third kappa shape index (κ3) is 2.99. The first-order valence-corrected chi connectivity index (χ1v) is 11.6. The van der Waals surface area contributed by atoms with Crippen molar-refractivity contribution in [3.63, 3.8) is 0 Å². The van der Waals surface area contributed by atoms with Gasteiger partial charge >= 0.3 is 0 Å². The first-order valence-electron chi connectivity index (χ1n) is 9.59. The van der Waals surface area contributed by atoms with Crippen LogP contribution in [0.1, 0.15) is 31.2 Å². The van der Waals surface area contributed by atoms with E-state index in [0.29, 0.717) is 17.6 Å². The standard InChI is InChI=1S/C21H21ClN2O3S/c22-16-3-7-19(8-4-16)27-18-5-1-15(2-6-18)21-11-9-17(10-12-21)24-13-14-28(25,26)23-20(21)24/h1-8,17H,9-14H2. The minimum Gasteiger partial charge on any atom is -0.457 e. The Bertz CT molecular complexity index is 1020. The number of amidine groups is 1. The maximum atomic E-state index is 12.2. The van der Waals surface area contributed by atoms with E-state index >= 15 is 0 Å². The predicted molar refractivity (Wildman–Crippen MR) is 110 cm³/mol. The van der Waals surface area contributed by atoms with Crippen LogP contribution in [0.4, 0.5) is 0 Å². The van der Waals surface area contributed by atoms with E-state index < -0.39 is 10.0 Å². The first kappa shape index (κ1) is 18.0. The van der Waals surface area contributed by atoms with Crippen LogP contribution in [0.5, 0.6) is 11.5 Å². The van der Waals surface area contributed by atoms with Gasteiger partial charge in [-0.1, -0.05) is 23.7 Å². The molecule has 0 spiro atoms. The third-order valence-corrected chi connectivity index (χ3v) is 7.62. The lowest BCUT2D eigenvalue weighted by Gasteiger charge is -2.55. The summed E-state index contributed by atoms with van der Waals surface area (Å²) in [6.45, 7) is 0.561. The summed E-state index contributed by atoms with van der Waals surface area (Å²) in [7, 11) is -3.36. The quantitative estimate of drug-likeness (QED) is 0.745. The number of rotatable bonds is 3. The normalized spacial score (nSPS) is 27.8. The molecule has 2 bridgehead atoms. The first-order chi connectivity index (χ1) is 13.5. The summed E-state index contributed by atoms with van der Waals surface area (Å²) >= 11 is 5.92. The summed E-state index contributed by atoms with van der Waals surface area (Å²) in [5.74, 6) is 2.34. The number of piperidine rings is 2. The molecule has 0 unspecified atom stereocenters. The van der Waals surface area contributed by atoms with Gasteiger partial charge in [0.2, 0.25) is 0 Å². The Morgan fingerprint density at radius 2 is 1.61 bits per heavy atom. The second-order valence-electron chi connectivity index (χ2n) is 7.79. The Hall–Kier alpha value is -2.05. The minimum atomic E-state index is -3.36. The van der Waals surface area contributed by atoms with Crippen LogP contribution in [0.15, 0.2) is 52.9 Å². The van der Waals surface area contributed by atoms with Crippen molar-refractivity contribution in [1.82, 2.24) is 4.90 Å². The molecule has 3 heterocycles. The van der Waals surface area contributed by atoms with E-state index in [9.17, 15) is 8.42 Å². The Labute approximate surface area is 170 Å². The molecular weight excluding hydrogens is 396 g/mol. The highest BCUT2D eigenvalue weighted by atomic mass is 35.5. The third-order valence-electron chi connectivity index (χ3n) is 6.22. The van der Waals surface area contributed by atoms with E-state index in [-0.39, 0.29) is 11.2 Å². The number of halogens is 1. The Kier molecular flexibility index (Phi) is 4.18. The van der Waals surface area contributed by atoms with Gasteiger partial charge in [-0.25, -0.2) is 8.42 Å². The number of nitrogens with zero attached hydrogens (tertiary/aromatic N) is 2. The van der Waals surface area contributed by atoms with Gasteiger partial charge in [-0.15, -0.1) is 4.40 Å². The van der Waals surface area contributed by atoms with E-state index in [1.807, 2.05) is 24.3 Å². The van der Waals surface area contributed by atoms with E-state index in [1.165, 1.54) is 0 Å². The van der Waals surface area contributed by atoms with Crippen molar-refractivity contribution in [3.8, 4) is 11.5 Å². The molecule has 3 fully saturated rings. The molecule has 2 aromatic carbocycles. The van der Waals surface area contributed by atoms with Crippen LogP contribution in [-0.4, -0.2) is 37.5 Å². The van der Waals surface area contributed by atoms with E-state index in [2.05, 4.69) is 21.4 Å². The molecule has 0 N–H and O–H groups in total. The maximum absolute atomic E-state index is 12.2. The Morgan fingerprint density at radius 3 is 2.25 bits per heavy atom. The average Bonchev–Trinajstić information content (AvgIpc) is 2.70. The lowest BCUT2D eigenvalue weighted by atomic mass is 9.63. The molecule has 0 atom stereocenters. The molecule has 6 rings (SSSR count). The zero-order valence-corrected chi connectivity index (χ0v) is 16.9. The molecule has 4 aliphatic rings. The minimum absolute atomic E-state index is 0.122. The van der Waals surface area contributed by atoms with Gasteiger partial charge in [0.1, 0.15) is 17.3 Å². The van der Waals surface area contributed by atoms with Gasteiger partial charge in [0.25, 0.3) is 10.0 Å². The summed E-state index contributed by atoms with van der Waals surface area (Å²) in [6.07, 6.45) is 4.06. The lowest BCUT2D eigenvalue weighted by Crippen LogP contribution is -2.62. The molecular formula is C21H21ClN2O3S. The van der Waals surface area contributed by atoms with Crippen LogP contribution in [0.2, 0.25) is 5.02 Å². The van der Waals surface area contributed by atoms with Crippen LogP contribution in [0, 0.1) is 0 Å². The highest BCUT2D eigenvalue weighted by molar-refractivity contribution is 7.90. The molecule has 28 heavy (non-hydrogen) atoms. The van der Waals surface area contributed by atoms with Crippen molar-refractivity contribution in [2.75, 3.05) is 12.3 Å². The molecule has 7 heteroatoms. The van der Waals surface area contributed by atoms with Crippen LogP contribution >= 0.6 is 11.6 Å². The van der Waals surface area contributed by atoms with Gasteiger partial charge in [-0.3, -0.25) is 0 Å². The number of ether oxygens (including phenoxy) is 1. The Morgan fingerprint density at radius 1 is 1.00 bits per heavy atom. The molecule has 2 aromatic rings. The van der Waals surface area contributed by atoms with Crippen molar-refractivity contribution in [2.24, 2.45) is 4.40 Å². The largest absolute Gasteiger partial charge is 0.457 e. The van der Waals surface area contributed by atoms with Crippen LogP contribution in [0.3, 0.4) is 0 Å². The molecule has 1 aliphatic carbocycles. The van der Waals surface area contributed by atoms with Crippen LogP contribution in [0.25, 0.3) is 0 Å². The van der Waals surface area contributed by atoms with Gasteiger partial charge in [0.15, 0.2) is 0 Å². The summed E-state index contributed by atoms with van der Waals surface area (Å²) in [5, 5.41) is 0.669. The van der Waals surface area contributed by atoms with E-state index in [0.717, 1.165) is 48.6 Å². The molecule has 3 aliphatic heterocycles. The molecule has 0 radical (unpaired) electrons. The van der Waals surface area contributed by atoms with Crippen molar-refractivity contribution in [3.05, 3.63) is 59.1 Å². The molecule has 146 valence electrons. The fourth-order valence-electron chi connectivity index (χ4n) is 4.80. The van der Waals surface area contributed by atoms with Crippen molar-refractivity contribution in [1.29, 1.82) is 0 Å². The summed E-state index contributed by atoms with van der Waals surface area (Å²) in [6, 6.07) is 15.7. The molecule has 5 nitrogen and oxygen atoms in total. The van der Waals surface area contributed by atoms with E-state index in [4.69, 9.17) is 16.3 Å². The number of hydrogen-bond acceptors (Lipinski definition) is 4. The SMILES string of the molecule is O=S1(=O)CCN2C(=N1)C1(c3ccc(Oc4ccc(Cl)cc4)cc3)CCC2CC1. The van der Waals surface area contributed by atoms with Gasteiger partial charge in [0, 0.05) is 17.6 Å². The molecule has 1 saturated carbocycles. The highest BCUT2D eigenvalue weighted by Crippen LogP contribution is 2.49. The Balaban J connectivity index is 1.47. The summed E-state index contributed by atoms with van der Waals surface area (Å²) < 4.78 is 34.5. The van der Waals surface area contributed by atoms with Crippen molar-refractivity contribution in [2.45, 2.75) is 37.1 Å². The van der Waals surface area contributed by atoms with Gasteiger partial charge < -0.3 is 9.64 Å². The van der Waals surface area contributed by atoms with E-state index in [1.54, 1.807) is 12.1 Å². The fourth-order valence-corrected chi connectivity index (χ4v) is 5.98. The van der Waals surface area contributed by atoms with Crippen LogP contribution < -0.4 is 4.74 Å². The molecule has 0 amide bonds. The highest BCUT2D eigenvalue weighted by Gasteiger charge is 2.52. The number of benzene rings is 2. The van der Waals surface area contributed by atoms with Gasteiger partial charge in [0.05, 0.1) is 11.2 Å². The maximum Gasteiger partial charge on any atom is 0.256 e. The summed E-state index contributed by atoms with van der Waals surface area (Å²) in [5.41, 5.74) is 0.816. The second-order valence-corrected chi connectivity index (χ2v) is 9.98. The topological polar surface area (TPSA) is 59.0 Å². The molecule has 2 saturated heterocycles. The number of sulfonamides is 1. The van der Waals surface area contributed by atoms with Gasteiger partial charge in [-0.05, 0) is 67.6 Å². The average molecular weight is 417 g/mol. The van der Waals surface area contributed by atoms with Crippen molar-refractivity contribution >= 4 is 27.5 Å². The lowest BCUT2D eigenvalue weighted by molar-refractivity contribution is 0.151. The van der Waals surface area contributed by atoms with Gasteiger partial charge in [-0.2, -0.15) is 0 Å². The monoisotopic (exact) mass is 416 g/mol. The summed E-state index contributed by atoms with van der Waals surface area (Å²) in [4.78, 5) is 2.24.